The number of piperazine rings is 1. The number of likely N-dealkylation sites (N-methyl/N-ethyl adjacent to an activating group) is 1. The number of anilines is 1. The second-order valence-electron chi connectivity index (χ2n) is 5.12. The predicted octanol–water partition coefficient (Wildman–Crippen LogP) is 1.05. The minimum Gasteiger partial charge on any atom is -0.316 e. The van der Waals surface area contributed by atoms with Crippen LogP contribution >= 0.6 is 11.6 Å². The monoisotopic (exact) mass is 285 g/mol. The van der Waals surface area contributed by atoms with Gasteiger partial charge in [0.2, 0.25) is 0 Å². The molecule has 0 aromatic carbocycles. The van der Waals surface area contributed by atoms with E-state index < -0.39 is 0 Å². The van der Waals surface area contributed by atoms with E-state index in [0.717, 1.165) is 26.2 Å². The summed E-state index contributed by atoms with van der Waals surface area (Å²) < 4.78 is 1.39. The predicted molar refractivity (Wildman–Crippen MR) is 76.6 cm³/mol. The zero-order valence-electron chi connectivity index (χ0n) is 11.6. The Labute approximate surface area is 117 Å². The lowest BCUT2D eigenvalue weighted by atomic mass is 10.3. The largest absolute Gasteiger partial charge is 0.316 e. The summed E-state index contributed by atoms with van der Waals surface area (Å²) in [6.07, 6.45) is 1.61. The molecule has 1 aromatic rings. The molecule has 6 nitrogen and oxygen atoms in total. The molecule has 0 aliphatic carbocycles. The van der Waals surface area contributed by atoms with Crippen LogP contribution in [0.5, 0.6) is 0 Å². The number of nitrogens with one attached hydrogen (secondary N) is 1. The van der Waals surface area contributed by atoms with Gasteiger partial charge in [-0.25, -0.2) is 9.69 Å². The third-order valence-electron chi connectivity index (χ3n) is 3.21. The number of hydrogen-bond donors (Lipinski definition) is 1. The van der Waals surface area contributed by atoms with Crippen molar-refractivity contribution in [3.8, 4) is 0 Å². The second-order valence-corrected chi connectivity index (χ2v) is 5.50. The highest BCUT2D eigenvalue weighted by molar-refractivity contribution is 6.32. The molecule has 0 amide bonds. The molecule has 0 spiro atoms. The zero-order chi connectivity index (χ0) is 14.0. The fourth-order valence-corrected chi connectivity index (χ4v) is 2.16. The number of rotatable bonds is 3. The van der Waals surface area contributed by atoms with Crippen LogP contribution in [0.3, 0.4) is 0 Å². The van der Waals surface area contributed by atoms with E-state index in [2.05, 4.69) is 27.5 Å². The lowest BCUT2D eigenvalue weighted by Gasteiger charge is -2.33. The minimum absolute atomic E-state index is 0.00249. The molecule has 7 heteroatoms. The standard InChI is InChI=1S/C12H20ClN5O/c1-9(2)18-12(19)11(13)10(8-14-18)15-17-6-4-16(3)5-7-17/h8-9,15H,4-7H2,1-3H3. The van der Waals surface area contributed by atoms with Gasteiger partial charge in [0.15, 0.2) is 0 Å². The fourth-order valence-electron chi connectivity index (χ4n) is 1.98. The Morgan fingerprint density at radius 2 is 1.95 bits per heavy atom. The third-order valence-corrected chi connectivity index (χ3v) is 3.58. The van der Waals surface area contributed by atoms with Crippen LogP contribution in [0.15, 0.2) is 11.0 Å². The van der Waals surface area contributed by atoms with Crippen LogP contribution in [0.25, 0.3) is 0 Å². The van der Waals surface area contributed by atoms with Crippen molar-refractivity contribution in [2.45, 2.75) is 19.9 Å². The first-order chi connectivity index (χ1) is 8.99. The van der Waals surface area contributed by atoms with E-state index in [1.54, 1.807) is 6.20 Å². The highest BCUT2D eigenvalue weighted by Gasteiger charge is 2.17. The van der Waals surface area contributed by atoms with Crippen molar-refractivity contribution in [2.75, 3.05) is 38.7 Å². The van der Waals surface area contributed by atoms with E-state index in [-0.39, 0.29) is 16.6 Å². The summed E-state index contributed by atoms with van der Waals surface area (Å²) >= 11 is 6.12. The van der Waals surface area contributed by atoms with E-state index >= 15 is 0 Å². The molecule has 19 heavy (non-hydrogen) atoms. The number of hydrogen-bond acceptors (Lipinski definition) is 5. The molecule has 0 bridgehead atoms. The van der Waals surface area contributed by atoms with Crippen molar-refractivity contribution in [2.24, 2.45) is 0 Å². The average Bonchev–Trinajstić information content (AvgIpc) is 2.37. The van der Waals surface area contributed by atoms with Gasteiger partial charge in [-0.1, -0.05) is 11.6 Å². The van der Waals surface area contributed by atoms with Gasteiger partial charge < -0.3 is 10.3 Å². The molecule has 1 aromatic heterocycles. The molecule has 0 saturated carbocycles. The SMILES string of the molecule is CC(C)n1ncc(NN2CCN(C)CC2)c(Cl)c1=O. The van der Waals surface area contributed by atoms with Crippen molar-refractivity contribution in [1.29, 1.82) is 0 Å². The Bertz CT molecular complexity index is 493. The summed E-state index contributed by atoms with van der Waals surface area (Å²) in [4.78, 5) is 14.3. The molecule has 1 N–H and O–H groups in total. The van der Waals surface area contributed by atoms with Crippen LogP contribution in [0.2, 0.25) is 5.02 Å². The van der Waals surface area contributed by atoms with Crippen molar-refractivity contribution >= 4 is 17.3 Å². The minimum atomic E-state index is -0.254. The third kappa shape index (κ3) is 3.26. The van der Waals surface area contributed by atoms with Crippen molar-refractivity contribution in [3.63, 3.8) is 0 Å². The van der Waals surface area contributed by atoms with Gasteiger partial charge in [0.05, 0.1) is 17.9 Å². The van der Waals surface area contributed by atoms with Gasteiger partial charge in [-0.2, -0.15) is 5.10 Å². The van der Waals surface area contributed by atoms with Crippen molar-refractivity contribution in [1.82, 2.24) is 19.7 Å². The highest BCUT2D eigenvalue weighted by atomic mass is 35.5. The summed E-state index contributed by atoms with van der Waals surface area (Å²) in [6, 6.07) is 0.00249. The van der Waals surface area contributed by atoms with Gasteiger partial charge in [-0.15, -0.1) is 0 Å². The van der Waals surface area contributed by atoms with Gasteiger partial charge in [-0.3, -0.25) is 4.79 Å². The first-order valence-corrected chi connectivity index (χ1v) is 6.84. The summed E-state index contributed by atoms with van der Waals surface area (Å²) in [5.74, 6) is 0. The first-order valence-electron chi connectivity index (χ1n) is 6.46. The molecule has 2 heterocycles. The molecule has 1 fully saturated rings. The Balaban J connectivity index is 2.13. The van der Waals surface area contributed by atoms with E-state index in [1.165, 1.54) is 4.68 Å². The van der Waals surface area contributed by atoms with E-state index in [1.807, 2.05) is 13.8 Å². The number of hydrazine groups is 1. The van der Waals surface area contributed by atoms with Crippen LogP contribution in [0, 0.1) is 0 Å². The summed E-state index contributed by atoms with van der Waals surface area (Å²) in [7, 11) is 2.09. The number of nitrogens with zero attached hydrogens (tertiary/aromatic N) is 4. The summed E-state index contributed by atoms with van der Waals surface area (Å²) in [5, 5.41) is 6.39. The zero-order valence-corrected chi connectivity index (χ0v) is 12.3. The maximum absolute atomic E-state index is 12.0. The normalized spacial score (nSPS) is 17.9. The Kier molecular flexibility index (Phi) is 4.44. The molecule has 0 unspecified atom stereocenters. The van der Waals surface area contributed by atoms with Gasteiger partial charge in [0.25, 0.3) is 5.56 Å². The maximum atomic E-state index is 12.0. The molecule has 106 valence electrons. The van der Waals surface area contributed by atoms with Crippen LogP contribution in [0.4, 0.5) is 5.69 Å². The molecule has 0 atom stereocenters. The fraction of sp³-hybridized carbons (Fsp3) is 0.667. The number of aromatic nitrogens is 2. The van der Waals surface area contributed by atoms with Crippen LogP contribution in [0.1, 0.15) is 19.9 Å². The number of halogens is 1. The summed E-state index contributed by atoms with van der Waals surface area (Å²) in [6.45, 7) is 7.55. The van der Waals surface area contributed by atoms with E-state index in [0.29, 0.717) is 5.69 Å². The molecule has 2 rings (SSSR count). The molecule has 1 aliphatic heterocycles. The smallest absolute Gasteiger partial charge is 0.287 e. The lowest BCUT2D eigenvalue weighted by Crippen LogP contribution is -2.47. The first kappa shape index (κ1) is 14.3. The van der Waals surface area contributed by atoms with Crippen molar-refractivity contribution < 1.29 is 0 Å². The maximum Gasteiger partial charge on any atom is 0.287 e. The molecular weight excluding hydrogens is 266 g/mol. The molecule has 0 radical (unpaired) electrons. The van der Waals surface area contributed by atoms with E-state index in [9.17, 15) is 4.79 Å². The molecule has 1 aliphatic rings. The average molecular weight is 286 g/mol. The summed E-state index contributed by atoms with van der Waals surface area (Å²) in [5.41, 5.74) is 3.50. The topological polar surface area (TPSA) is 53.4 Å². The van der Waals surface area contributed by atoms with Crippen molar-refractivity contribution in [3.05, 3.63) is 21.6 Å². The van der Waals surface area contributed by atoms with E-state index in [4.69, 9.17) is 11.6 Å². The Hall–Kier alpha value is -1.11. The quantitative estimate of drug-likeness (QED) is 0.900. The van der Waals surface area contributed by atoms with Crippen LogP contribution in [-0.2, 0) is 0 Å². The van der Waals surface area contributed by atoms with Gasteiger partial charge in [0.1, 0.15) is 5.02 Å². The van der Waals surface area contributed by atoms with Gasteiger partial charge >= 0.3 is 0 Å². The Morgan fingerprint density at radius 1 is 1.32 bits per heavy atom. The van der Waals surface area contributed by atoms with Gasteiger partial charge in [0, 0.05) is 26.2 Å². The lowest BCUT2D eigenvalue weighted by molar-refractivity contribution is 0.179. The Morgan fingerprint density at radius 3 is 2.53 bits per heavy atom. The highest BCUT2D eigenvalue weighted by Crippen LogP contribution is 2.17. The van der Waals surface area contributed by atoms with Gasteiger partial charge in [-0.05, 0) is 20.9 Å². The molecule has 1 saturated heterocycles. The van der Waals surface area contributed by atoms with Crippen LogP contribution in [-0.4, -0.2) is 52.9 Å². The van der Waals surface area contributed by atoms with Crippen LogP contribution < -0.4 is 11.0 Å². The second kappa shape index (κ2) is 5.90. The molecular formula is C12H20ClN5O.